The Balaban J connectivity index is 1.37. The van der Waals surface area contributed by atoms with Crippen LogP contribution in [-0.4, -0.2) is 82.7 Å². The van der Waals surface area contributed by atoms with E-state index in [1.165, 1.54) is 4.52 Å². The van der Waals surface area contributed by atoms with Crippen molar-refractivity contribution in [2.45, 2.75) is 48.5 Å². The van der Waals surface area contributed by atoms with Crippen molar-refractivity contribution in [1.82, 2.24) is 24.4 Å². The maximum atomic E-state index is 13.6. The molecule has 0 unspecified atom stereocenters. The Morgan fingerprint density at radius 3 is 2.56 bits per heavy atom. The Kier molecular flexibility index (Phi) is 7.66. The number of benzene rings is 1. The van der Waals surface area contributed by atoms with E-state index in [1.54, 1.807) is 30.4 Å². The first kappa shape index (κ1) is 28.8. The van der Waals surface area contributed by atoms with Gasteiger partial charge in [-0.2, -0.15) is 24.9 Å². The Morgan fingerprint density at radius 2 is 1.88 bits per heavy atom. The number of carbonyl (C=O) groups is 1. The van der Waals surface area contributed by atoms with E-state index in [9.17, 15) is 13.2 Å². The lowest BCUT2D eigenvalue weighted by Gasteiger charge is -2.39. The van der Waals surface area contributed by atoms with Gasteiger partial charge in [-0.3, -0.25) is 4.79 Å². The number of nitrogens with zero attached hydrogens (tertiary/aromatic N) is 7. The van der Waals surface area contributed by atoms with Crippen LogP contribution in [0.5, 0.6) is 0 Å². The molecule has 14 heteroatoms. The molecule has 4 heterocycles. The monoisotopic (exact) mass is 604 g/mol. The Morgan fingerprint density at radius 1 is 1.12 bits per heavy atom. The standard InChI is InChI=1S/C29H32N8O5S/c1-41-14-15-42-29(26(38)23-10-13-31-35-23)11-8-19(9-12-29)24-25(43(2,39)40)27(30)37-28(34-24)22(17-33-37)20-16-32-36(18-20)21-6-4-3-5-7-21/h3-7,13,16-19H,8-12,14-15,30H2,1-2H3. The minimum Gasteiger partial charge on any atom is -0.382 e. The van der Waals surface area contributed by atoms with Gasteiger partial charge in [-0.1, -0.05) is 18.2 Å². The highest BCUT2D eigenvalue weighted by Crippen LogP contribution is 2.44. The molecule has 1 aliphatic heterocycles. The van der Waals surface area contributed by atoms with Gasteiger partial charge in [0.15, 0.2) is 15.5 Å². The van der Waals surface area contributed by atoms with Crippen LogP contribution in [0, 0.1) is 0 Å². The second kappa shape index (κ2) is 11.4. The molecule has 13 nitrogen and oxygen atoms in total. The summed E-state index contributed by atoms with van der Waals surface area (Å²) in [4.78, 5) is 18.4. The summed E-state index contributed by atoms with van der Waals surface area (Å²) >= 11 is 0. The number of ketones is 1. The molecule has 0 atom stereocenters. The molecule has 224 valence electrons. The lowest BCUT2D eigenvalue weighted by Crippen LogP contribution is -2.48. The number of aromatic nitrogens is 5. The summed E-state index contributed by atoms with van der Waals surface area (Å²) in [5.74, 6) is -0.495. The van der Waals surface area contributed by atoms with Crippen LogP contribution in [0.15, 0.2) is 64.0 Å². The number of nitrogen functional groups attached to an aromatic ring is 1. The third-order valence-electron chi connectivity index (χ3n) is 8.02. The van der Waals surface area contributed by atoms with E-state index in [4.69, 9.17) is 20.2 Å². The average molecular weight is 605 g/mol. The number of hydrogen-bond donors (Lipinski definition) is 1. The zero-order chi connectivity index (χ0) is 30.2. The SMILES string of the molecule is COCCOC1(C(=O)C2=NN=CC2)CCC(c2nc3c(-c4cnn(-c5ccccc5)c4)cnn3c(N)c2S(C)(=O)=O)CC1. The molecular weight excluding hydrogens is 572 g/mol. The molecule has 3 aromatic heterocycles. The number of carbonyl (C=O) groups excluding carboxylic acids is 1. The molecular formula is C29H32N8O5S. The third kappa shape index (κ3) is 5.37. The molecule has 4 aromatic rings. The molecule has 43 heavy (non-hydrogen) atoms. The Labute approximate surface area is 248 Å². The van der Waals surface area contributed by atoms with Crippen LogP contribution in [-0.2, 0) is 24.1 Å². The summed E-state index contributed by atoms with van der Waals surface area (Å²) in [7, 11) is -2.21. The van der Waals surface area contributed by atoms with E-state index < -0.39 is 15.4 Å². The fraction of sp³-hybridized carbons (Fsp3) is 0.379. The van der Waals surface area contributed by atoms with Crippen molar-refractivity contribution < 1.29 is 22.7 Å². The van der Waals surface area contributed by atoms with Gasteiger partial charge in [-0.05, 0) is 37.8 Å². The smallest absolute Gasteiger partial charge is 0.211 e. The van der Waals surface area contributed by atoms with Crippen molar-refractivity contribution in [1.29, 1.82) is 0 Å². The van der Waals surface area contributed by atoms with E-state index in [2.05, 4.69) is 20.4 Å². The molecule has 2 aliphatic rings. The summed E-state index contributed by atoms with van der Waals surface area (Å²) in [6.45, 7) is 0.571. The topological polar surface area (TPSA) is 168 Å². The number of methoxy groups -OCH3 is 1. The van der Waals surface area contributed by atoms with Crippen LogP contribution in [0.4, 0.5) is 5.82 Å². The average Bonchev–Trinajstić information content (AvgIpc) is 3.78. The highest BCUT2D eigenvalue weighted by molar-refractivity contribution is 7.91. The Bertz CT molecular complexity index is 1840. The van der Waals surface area contributed by atoms with Gasteiger partial charge in [0.1, 0.15) is 22.0 Å². The largest absolute Gasteiger partial charge is 0.382 e. The van der Waals surface area contributed by atoms with Crippen LogP contribution in [0.25, 0.3) is 22.5 Å². The summed E-state index contributed by atoms with van der Waals surface area (Å²) < 4.78 is 40.6. The first-order valence-corrected chi connectivity index (χ1v) is 15.8. The number of rotatable bonds is 10. The van der Waals surface area contributed by atoms with Crippen molar-refractivity contribution >= 4 is 39.0 Å². The second-order valence-electron chi connectivity index (χ2n) is 10.8. The van der Waals surface area contributed by atoms with Gasteiger partial charge in [-0.15, -0.1) is 0 Å². The highest BCUT2D eigenvalue weighted by Gasteiger charge is 2.46. The van der Waals surface area contributed by atoms with E-state index >= 15 is 0 Å². The van der Waals surface area contributed by atoms with Gasteiger partial charge in [-0.25, -0.2) is 18.1 Å². The third-order valence-corrected chi connectivity index (χ3v) is 9.18. The molecule has 1 saturated carbocycles. The zero-order valence-corrected chi connectivity index (χ0v) is 24.7. The van der Waals surface area contributed by atoms with Crippen molar-refractivity contribution in [2.24, 2.45) is 10.2 Å². The number of para-hydroxylation sites is 1. The maximum absolute atomic E-state index is 13.6. The molecule has 6 rings (SSSR count). The van der Waals surface area contributed by atoms with Gasteiger partial charge in [0.05, 0.1) is 37.0 Å². The van der Waals surface area contributed by atoms with Crippen molar-refractivity contribution in [3.8, 4) is 16.8 Å². The quantitative estimate of drug-likeness (QED) is 0.267. The number of hydrogen-bond acceptors (Lipinski definition) is 11. The van der Waals surface area contributed by atoms with E-state index in [1.807, 2.05) is 36.5 Å². The molecule has 0 amide bonds. The molecule has 2 N–H and O–H groups in total. The summed E-state index contributed by atoms with van der Waals surface area (Å²) in [6.07, 6.45) is 9.86. The van der Waals surface area contributed by atoms with Crippen LogP contribution < -0.4 is 5.73 Å². The van der Waals surface area contributed by atoms with Gasteiger partial charge >= 0.3 is 0 Å². The van der Waals surface area contributed by atoms with Crippen LogP contribution in [0.1, 0.15) is 43.7 Å². The highest BCUT2D eigenvalue weighted by atomic mass is 32.2. The maximum Gasteiger partial charge on any atom is 0.211 e. The zero-order valence-electron chi connectivity index (χ0n) is 23.9. The minimum absolute atomic E-state index is 0.00841. The van der Waals surface area contributed by atoms with Crippen molar-refractivity contribution in [2.75, 3.05) is 32.3 Å². The van der Waals surface area contributed by atoms with Gasteiger partial charge in [0.2, 0.25) is 5.78 Å². The normalized spacial score (nSPS) is 20.5. The lowest BCUT2D eigenvalue weighted by atomic mass is 9.74. The predicted molar refractivity (Wildman–Crippen MR) is 160 cm³/mol. The van der Waals surface area contributed by atoms with E-state index in [0.717, 1.165) is 17.5 Å². The first-order chi connectivity index (χ1) is 20.7. The summed E-state index contributed by atoms with van der Waals surface area (Å²) in [6, 6.07) is 9.67. The molecule has 0 radical (unpaired) electrons. The van der Waals surface area contributed by atoms with E-state index in [0.29, 0.717) is 61.3 Å². The lowest BCUT2D eigenvalue weighted by molar-refractivity contribution is -0.145. The molecule has 1 aromatic carbocycles. The van der Waals surface area contributed by atoms with E-state index in [-0.39, 0.29) is 29.0 Å². The van der Waals surface area contributed by atoms with Gasteiger partial charge in [0.25, 0.3) is 0 Å². The second-order valence-corrected chi connectivity index (χ2v) is 12.7. The van der Waals surface area contributed by atoms with Crippen LogP contribution in [0.3, 0.4) is 0 Å². The number of fused-ring (bicyclic) bond motifs is 1. The first-order valence-electron chi connectivity index (χ1n) is 14.0. The molecule has 0 spiro atoms. The number of Topliss-reactive ketones (excluding diaryl/α,β-unsaturated/α-hetero) is 1. The minimum atomic E-state index is -3.78. The molecule has 1 fully saturated rings. The van der Waals surface area contributed by atoms with Gasteiger partial charge in [0, 0.05) is 49.2 Å². The molecule has 1 aliphatic carbocycles. The molecule has 0 saturated heterocycles. The molecule has 0 bridgehead atoms. The fourth-order valence-electron chi connectivity index (χ4n) is 5.86. The Hall–Kier alpha value is -4.27. The van der Waals surface area contributed by atoms with Crippen molar-refractivity contribution in [3.05, 3.63) is 54.6 Å². The fourth-order valence-corrected chi connectivity index (χ4v) is 6.92. The summed E-state index contributed by atoms with van der Waals surface area (Å²) in [5, 5.41) is 16.7. The van der Waals surface area contributed by atoms with Gasteiger partial charge < -0.3 is 15.2 Å². The van der Waals surface area contributed by atoms with Crippen molar-refractivity contribution in [3.63, 3.8) is 0 Å². The number of nitrogens with two attached hydrogens (primary N) is 1. The predicted octanol–water partition coefficient (Wildman–Crippen LogP) is 3.03. The number of sulfone groups is 1. The summed E-state index contributed by atoms with van der Waals surface area (Å²) in [5.41, 5.74) is 8.86. The van der Waals surface area contributed by atoms with Crippen LogP contribution in [0.2, 0.25) is 0 Å². The number of ether oxygens (including phenoxy) is 2. The van der Waals surface area contributed by atoms with Crippen LogP contribution >= 0.6 is 0 Å². The number of anilines is 1.